The van der Waals surface area contributed by atoms with E-state index in [4.69, 9.17) is 9.72 Å². The fourth-order valence-corrected chi connectivity index (χ4v) is 8.26. The number of anilines is 2. The van der Waals surface area contributed by atoms with Crippen LogP contribution in [0.25, 0.3) is 33.5 Å². The maximum absolute atomic E-state index is 6.86. The zero-order chi connectivity index (χ0) is 36.9. The Bertz CT molecular complexity index is 2500. The number of hydrogen-bond acceptors (Lipinski definition) is 3. The first kappa shape index (κ1) is 35.1. The summed E-state index contributed by atoms with van der Waals surface area (Å²) in [6.45, 7) is 14.3. The number of para-hydroxylation sites is 2. The zero-order valence-electron chi connectivity index (χ0n) is 31.2. The summed E-state index contributed by atoms with van der Waals surface area (Å²) in [7, 11) is 0. The number of fused-ring (bicyclic) bond motifs is 2. The fraction of sp³-hybridized carbons (Fsp3) is 0.234. The molecule has 0 fully saturated rings. The number of ether oxygens (including phenoxy) is 1. The van der Waals surface area contributed by atoms with Crippen LogP contribution in [0.3, 0.4) is 0 Å². The van der Waals surface area contributed by atoms with Gasteiger partial charge in [-0.25, -0.2) is 0 Å². The summed E-state index contributed by atoms with van der Waals surface area (Å²) in [5.41, 5.74) is 11.3. The molecule has 7 aromatic rings. The van der Waals surface area contributed by atoms with E-state index in [1.807, 2.05) is 24.4 Å². The van der Waals surface area contributed by atoms with Gasteiger partial charge in [0.15, 0.2) is 0 Å². The van der Waals surface area contributed by atoms with Crippen molar-refractivity contribution in [2.75, 3.05) is 11.4 Å². The average Bonchev–Trinajstić information content (AvgIpc) is 3.45. The molecule has 0 aliphatic carbocycles. The van der Waals surface area contributed by atoms with E-state index in [2.05, 4.69) is 184 Å². The normalized spacial score (nSPS) is 13.3. The summed E-state index contributed by atoms with van der Waals surface area (Å²) in [6, 6.07) is 48.1. The number of hydrogen-bond donors (Lipinski definition) is 0. The summed E-state index contributed by atoms with van der Waals surface area (Å²) in [6.07, 6.45) is 3.94. The molecular weight excluding hydrogens is 832 g/mol. The Kier molecular flexibility index (Phi) is 9.11. The standard InChI is InChI=1S/C47H44N4O.Pt/c1-46(2,3)35-21-23-37(24-22-35)50-32-51(42-20-11-10-19-41(42)50)38-17-12-18-39(30-38)52-44-31-43-34(28-40(44)33-14-8-7-9-15-33)16-13-27-49(43)45-29-36(25-26-48-45)47(4,5)6;/h7-12,14-15,17-26,28-29H,13,16,27H2,1-6H3;/q-2;. The molecule has 0 radical (unpaired) electrons. The van der Waals surface area contributed by atoms with Crippen LogP contribution in [0.15, 0.2) is 121 Å². The molecule has 270 valence electrons. The minimum atomic E-state index is 0.0192. The molecule has 1 aliphatic rings. The minimum absolute atomic E-state index is 0.0192. The van der Waals surface area contributed by atoms with Crippen LogP contribution in [0.4, 0.5) is 11.5 Å². The number of imidazole rings is 1. The van der Waals surface area contributed by atoms with Crippen molar-refractivity contribution in [3.63, 3.8) is 0 Å². The van der Waals surface area contributed by atoms with Crippen LogP contribution in [0.5, 0.6) is 11.5 Å². The summed E-state index contributed by atoms with van der Waals surface area (Å²) in [5, 5.41) is 0. The molecule has 3 heterocycles. The summed E-state index contributed by atoms with van der Waals surface area (Å²) >= 11 is 2.44. The molecule has 0 unspecified atom stereocenters. The summed E-state index contributed by atoms with van der Waals surface area (Å²) in [5.74, 6) is 2.24. The Morgan fingerprint density at radius 1 is 0.698 bits per heavy atom. The number of nitrogens with zero attached hydrogens (tertiary/aromatic N) is 4. The van der Waals surface area contributed by atoms with Gasteiger partial charge >= 0.3 is 281 Å². The van der Waals surface area contributed by atoms with Crippen LogP contribution >= 0.6 is 0 Å². The SMILES string of the molecule is CC(C)(C)c1ccc(-n2[c](=[Pt])n(-c3[c-]c(Oc4[c-]c5c(cc4-c4ccccc4)CCCN5c4cc(C(C)(C)C)ccn4)ccc3)c3ccccc32)cc1. The molecule has 1 aliphatic heterocycles. The number of aryl methyl sites for hydroxylation is 1. The van der Waals surface area contributed by atoms with Crippen molar-refractivity contribution in [2.45, 2.75) is 65.2 Å². The summed E-state index contributed by atoms with van der Waals surface area (Å²) < 4.78 is 12.5. The van der Waals surface area contributed by atoms with Crippen LogP contribution in [0.1, 0.15) is 64.7 Å². The van der Waals surface area contributed by atoms with E-state index in [-0.39, 0.29) is 10.8 Å². The van der Waals surface area contributed by atoms with Crippen molar-refractivity contribution in [3.8, 4) is 34.0 Å². The van der Waals surface area contributed by atoms with Crippen molar-refractivity contribution >= 4 is 22.5 Å². The van der Waals surface area contributed by atoms with Gasteiger partial charge in [-0.05, 0) is 17.0 Å². The van der Waals surface area contributed by atoms with Crippen LogP contribution < -0.4 is 9.64 Å². The predicted octanol–water partition coefficient (Wildman–Crippen LogP) is 11.6. The predicted molar refractivity (Wildman–Crippen MR) is 212 cm³/mol. The Balaban J connectivity index is 1.22. The van der Waals surface area contributed by atoms with Crippen molar-refractivity contribution in [1.29, 1.82) is 0 Å². The molecule has 6 heteroatoms. The van der Waals surface area contributed by atoms with Crippen LogP contribution in [-0.4, -0.2) is 20.7 Å². The molecule has 0 atom stereocenters. The van der Waals surface area contributed by atoms with Gasteiger partial charge in [0.2, 0.25) is 0 Å². The molecule has 0 saturated carbocycles. The fourth-order valence-electron chi connectivity index (χ4n) is 7.14. The zero-order valence-corrected chi connectivity index (χ0v) is 33.5. The van der Waals surface area contributed by atoms with Gasteiger partial charge in [-0.3, -0.25) is 0 Å². The van der Waals surface area contributed by atoms with Gasteiger partial charge in [0.05, 0.1) is 0 Å². The molecule has 8 rings (SSSR count). The quantitative estimate of drug-likeness (QED) is 0.156. The number of rotatable bonds is 6. The third kappa shape index (κ3) is 6.84. The van der Waals surface area contributed by atoms with Crippen LogP contribution in [0, 0.1) is 15.9 Å². The first-order valence-electron chi connectivity index (χ1n) is 18.3. The monoisotopic (exact) mass is 875 g/mol. The van der Waals surface area contributed by atoms with Crippen molar-refractivity contribution in [2.24, 2.45) is 0 Å². The first-order valence-corrected chi connectivity index (χ1v) is 19.5. The number of pyridine rings is 1. The van der Waals surface area contributed by atoms with Gasteiger partial charge in [-0.1, -0.05) is 20.8 Å². The molecule has 0 spiro atoms. The van der Waals surface area contributed by atoms with Gasteiger partial charge < -0.3 is 0 Å². The Hall–Kier alpha value is -4.99. The molecular formula is C47H44N4OPt-2. The molecule has 5 nitrogen and oxygen atoms in total. The Morgan fingerprint density at radius 3 is 2.11 bits per heavy atom. The third-order valence-corrected chi connectivity index (χ3v) is 11.1. The van der Waals surface area contributed by atoms with Gasteiger partial charge in [0, 0.05) is 6.20 Å². The molecule has 0 saturated heterocycles. The second kappa shape index (κ2) is 13.8. The van der Waals surface area contributed by atoms with E-state index < -0.39 is 0 Å². The van der Waals surface area contributed by atoms with Crippen molar-refractivity contribution in [1.82, 2.24) is 14.1 Å². The van der Waals surface area contributed by atoms with E-state index in [0.717, 1.165) is 68.2 Å². The molecule has 53 heavy (non-hydrogen) atoms. The topological polar surface area (TPSA) is 35.2 Å². The van der Waals surface area contributed by atoms with Gasteiger partial charge in [-0.2, -0.15) is 0 Å². The first-order chi connectivity index (χ1) is 25.5. The molecule has 0 amide bonds. The van der Waals surface area contributed by atoms with Crippen molar-refractivity contribution < 1.29 is 24.1 Å². The van der Waals surface area contributed by atoms with E-state index in [0.29, 0.717) is 11.5 Å². The number of benzene rings is 5. The average molecular weight is 876 g/mol. The van der Waals surface area contributed by atoms with Gasteiger partial charge in [-0.15, -0.1) is 0 Å². The van der Waals surface area contributed by atoms with Crippen molar-refractivity contribution in [3.05, 3.63) is 154 Å². The van der Waals surface area contributed by atoms with Crippen LogP contribution in [0.2, 0.25) is 0 Å². The van der Waals surface area contributed by atoms with Gasteiger partial charge in [0.25, 0.3) is 0 Å². The van der Waals surface area contributed by atoms with Gasteiger partial charge in [0.1, 0.15) is 0 Å². The van der Waals surface area contributed by atoms with E-state index in [1.54, 1.807) is 0 Å². The van der Waals surface area contributed by atoms with E-state index in [9.17, 15) is 0 Å². The molecule has 2 aromatic heterocycles. The Morgan fingerprint density at radius 2 is 1.40 bits per heavy atom. The molecule has 0 N–H and O–H groups in total. The second-order valence-electron chi connectivity index (χ2n) is 15.9. The second-order valence-corrected chi connectivity index (χ2v) is 16.9. The Labute approximate surface area is 324 Å². The maximum atomic E-state index is 6.86. The van der Waals surface area contributed by atoms with Crippen LogP contribution in [-0.2, 0) is 36.6 Å². The summed E-state index contributed by atoms with van der Waals surface area (Å²) in [4.78, 5) is 7.14. The number of aromatic nitrogens is 3. The third-order valence-electron chi connectivity index (χ3n) is 10.1. The van der Waals surface area contributed by atoms with E-state index >= 15 is 0 Å². The molecule has 5 aromatic carbocycles. The van der Waals surface area contributed by atoms with E-state index in [1.165, 1.54) is 16.7 Å². The molecule has 0 bridgehead atoms.